The third-order valence-electron chi connectivity index (χ3n) is 2.48. The van der Waals surface area contributed by atoms with Crippen LogP contribution in [-0.2, 0) is 0 Å². The molecule has 0 atom stereocenters. The van der Waals surface area contributed by atoms with Crippen LogP contribution in [0.5, 0.6) is 0 Å². The van der Waals surface area contributed by atoms with Gasteiger partial charge in [-0.05, 0) is 43.2 Å². The molecule has 0 amide bonds. The predicted octanol–water partition coefficient (Wildman–Crippen LogP) is 3.68. The Labute approximate surface area is 106 Å². The fourth-order valence-corrected chi connectivity index (χ4v) is 1.86. The van der Waals surface area contributed by atoms with E-state index >= 15 is 0 Å². The molecule has 17 heavy (non-hydrogen) atoms. The molecule has 0 saturated carbocycles. The molecule has 88 valence electrons. The number of anilines is 3. The third-order valence-corrected chi connectivity index (χ3v) is 2.79. The highest BCUT2D eigenvalue weighted by Gasteiger charge is 2.04. The minimum Gasteiger partial charge on any atom is -0.397 e. The second-order valence-electron chi connectivity index (χ2n) is 4.04. The number of pyridine rings is 1. The van der Waals surface area contributed by atoms with Gasteiger partial charge in [0, 0.05) is 0 Å². The second-order valence-corrected chi connectivity index (χ2v) is 4.45. The van der Waals surface area contributed by atoms with Crippen molar-refractivity contribution in [3.63, 3.8) is 0 Å². The SMILES string of the molecule is Cc1ccc(Nc2ncc(N)cc2C)c(Cl)c1. The lowest BCUT2D eigenvalue weighted by Gasteiger charge is -2.10. The Kier molecular flexibility index (Phi) is 3.20. The van der Waals surface area contributed by atoms with Gasteiger partial charge in [-0.2, -0.15) is 0 Å². The number of nitrogens with one attached hydrogen (secondary N) is 1. The average molecular weight is 248 g/mol. The molecule has 1 aromatic carbocycles. The van der Waals surface area contributed by atoms with Crippen molar-refractivity contribution in [3.05, 3.63) is 46.6 Å². The normalized spacial score (nSPS) is 10.3. The fraction of sp³-hybridized carbons (Fsp3) is 0.154. The first-order valence-corrected chi connectivity index (χ1v) is 5.69. The summed E-state index contributed by atoms with van der Waals surface area (Å²) in [4.78, 5) is 4.24. The van der Waals surface area contributed by atoms with Gasteiger partial charge in [0.15, 0.2) is 0 Å². The predicted molar refractivity (Wildman–Crippen MR) is 72.9 cm³/mol. The smallest absolute Gasteiger partial charge is 0.133 e. The summed E-state index contributed by atoms with van der Waals surface area (Å²) in [7, 11) is 0. The highest BCUT2D eigenvalue weighted by atomic mass is 35.5. The number of hydrogen-bond donors (Lipinski definition) is 2. The topological polar surface area (TPSA) is 50.9 Å². The van der Waals surface area contributed by atoms with Crippen LogP contribution in [0.1, 0.15) is 11.1 Å². The molecular weight excluding hydrogens is 234 g/mol. The van der Waals surface area contributed by atoms with Crippen molar-refractivity contribution in [3.8, 4) is 0 Å². The number of nitrogens with zero attached hydrogens (tertiary/aromatic N) is 1. The Morgan fingerprint density at radius 3 is 2.65 bits per heavy atom. The van der Waals surface area contributed by atoms with E-state index in [0.717, 1.165) is 22.6 Å². The molecule has 3 N–H and O–H groups in total. The molecule has 0 aliphatic rings. The third kappa shape index (κ3) is 2.68. The zero-order valence-corrected chi connectivity index (χ0v) is 10.5. The molecule has 0 unspecified atom stereocenters. The molecule has 2 aromatic rings. The number of hydrogen-bond acceptors (Lipinski definition) is 3. The van der Waals surface area contributed by atoms with E-state index in [4.69, 9.17) is 17.3 Å². The molecular formula is C13H14ClN3. The van der Waals surface area contributed by atoms with Crippen molar-refractivity contribution >= 4 is 28.8 Å². The van der Waals surface area contributed by atoms with Crippen LogP contribution in [0.15, 0.2) is 30.5 Å². The Morgan fingerprint density at radius 1 is 1.24 bits per heavy atom. The Hall–Kier alpha value is -1.74. The summed E-state index contributed by atoms with van der Waals surface area (Å²) in [6.07, 6.45) is 1.62. The molecule has 0 spiro atoms. The number of halogens is 1. The summed E-state index contributed by atoms with van der Waals surface area (Å²) in [6.45, 7) is 3.95. The van der Waals surface area contributed by atoms with Gasteiger partial charge in [-0.15, -0.1) is 0 Å². The molecule has 1 heterocycles. The molecule has 1 aromatic heterocycles. The van der Waals surface area contributed by atoms with Crippen molar-refractivity contribution in [2.45, 2.75) is 13.8 Å². The average Bonchev–Trinajstić information content (AvgIpc) is 2.25. The summed E-state index contributed by atoms with van der Waals surface area (Å²) < 4.78 is 0. The van der Waals surface area contributed by atoms with Crippen LogP contribution in [0.25, 0.3) is 0 Å². The zero-order chi connectivity index (χ0) is 12.4. The lowest BCUT2D eigenvalue weighted by atomic mass is 10.2. The number of aryl methyl sites for hydroxylation is 2. The van der Waals surface area contributed by atoms with E-state index in [1.165, 1.54) is 0 Å². The van der Waals surface area contributed by atoms with Gasteiger partial charge in [0.05, 0.1) is 22.6 Å². The molecule has 0 aliphatic heterocycles. The highest BCUT2D eigenvalue weighted by Crippen LogP contribution is 2.27. The minimum absolute atomic E-state index is 0.656. The van der Waals surface area contributed by atoms with Crippen LogP contribution in [0, 0.1) is 13.8 Å². The Morgan fingerprint density at radius 2 is 2.00 bits per heavy atom. The first-order chi connectivity index (χ1) is 8.06. The van der Waals surface area contributed by atoms with Crippen molar-refractivity contribution in [1.29, 1.82) is 0 Å². The van der Waals surface area contributed by atoms with Crippen LogP contribution in [0.3, 0.4) is 0 Å². The first-order valence-electron chi connectivity index (χ1n) is 5.31. The summed E-state index contributed by atoms with van der Waals surface area (Å²) in [6, 6.07) is 7.73. The standard InChI is InChI=1S/C13H14ClN3/c1-8-3-4-12(11(14)5-8)17-13-9(2)6-10(15)7-16-13/h3-7H,15H2,1-2H3,(H,16,17). The summed E-state index contributed by atoms with van der Waals surface area (Å²) in [5.74, 6) is 0.768. The second kappa shape index (κ2) is 4.63. The lowest BCUT2D eigenvalue weighted by molar-refractivity contribution is 1.26. The van der Waals surface area contributed by atoms with Gasteiger partial charge >= 0.3 is 0 Å². The number of nitrogen functional groups attached to an aromatic ring is 1. The van der Waals surface area contributed by atoms with Gasteiger partial charge in [0.2, 0.25) is 0 Å². The zero-order valence-electron chi connectivity index (χ0n) is 9.79. The molecule has 0 fully saturated rings. The van der Waals surface area contributed by atoms with E-state index in [2.05, 4.69) is 10.3 Å². The van der Waals surface area contributed by atoms with Gasteiger partial charge in [0.25, 0.3) is 0 Å². The molecule has 3 nitrogen and oxygen atoms in total. The maximum absolute atomic E-state index is 6.15. The molecule has 4 heteroatoms. The molecule has 0 aliphatic carbocycles. The van der Waals surface area contributed by atoms with Crippen LogP contribution in [-0.4, -0.2) is 4.98 Å². The lowest BCUT2D eigenvalue weighted by Crippen LogP contribution is -1.98. The summed E-state index contributed by atoms with van der Waals surface area (Å²) in [5.41, 5.74) is 9.27. The molecule has 0 bridgehead atoms. The quantitative estimate of drug-likeness (QED) is 0.851. The minimum atomic E-state index is 0.656. The van der Waals surface area contributed by atoms with Crippen molar-refractivity contribution in [2.24, 2.45) is 0 Å². The highest BCUT2D eigenvalue weighted by molar-refractivity contribution is 6.33. The summed E-state index contributed by atoms with van der Waals surface area (Å²) >= 11 is 6.15. The maximum atomic E-state index is 6.15. The van der Waals surface area contributed by atoms with Gasteiger partial charge < -0.3 is 11.1 Å². The van der Waals surface area contributed by atoms with Gasteiger partial charge in [0.1, 0.15) is 5.82 Å². The van der Waals surface area contributed by atoms with Crippen LogP contribution < -0.4 is 11.1 Å². The van der Waals surface area contributed by atoms with E-state index < -0.39 is 0 Å². The van der Waals surface area contributed by atoms with Crippen LogP contribution in [0.2, 0.25) is 5.02 Å². The number of nitrogens with two attached hydrogens (primary N) is 1. The van der Waals surface area contributed by atoms with Crippen molar-refractivity contribution in [1.82, 2.24) is 4.98 Å². The van der Waals surface area contributed by atoms with Crippen molar-refractivity contribution < 1.29 is 0 Å². The van der Waals surface area contributed by atoms with E-state index in [0.29, 0.717) is 10.7 Å². The van der Waals surface area contributed by atoms with Gasteiger partial charge in [-0.25, -0.2) is 4.98 Å². The Bertz CT molecular complexity index is 503. The van der Waals surface area contributed by atoms with E-state index in [9.17, 15) is 0 Å². The van der Waals surface area contributed by atoms with Crippen molar-refractivity contribution in [2.75, 3.05) is 11.1 Å². The van der Waals surface area contributed by atoms with E-state index in [1.807, 2.05) is 38.1 Å². The first kappa shape index (κ1) is 11.7. The van der Waals surface area contributed by atoms with Gasteiger partial charge in [-0.1, -0.05) is 17.7 Å². The number of aromatic nitrogens is 1. The maximum Gasteiger partial charge on any atom is 0.133 e. The molecule has 0 saturated heterocycles. The monoisotopic (exact) mass is 247 g/mol. The summed E-state index contributed by atoms with van der Waals surface area (Å²) in [5, 5.41) is 3.88. The molecule has 0 radical (unpaired) electrons. The van der Waals surface area contributed by atoms with Gasteiger partial charge in [-0.3, -0.25) is 0 Å². The molecule has 2 rings (SSSR count). The fourth-order valence-electron chi connectivity index (χ4n) is 1.58. The van der Waals surface area contributed by atoms with E-state index in [1.54, 1.807) is 6.20 Å². The van der Waals surface area contributed by atoms with Crippen LogP contribution >= 0.6 is 11.6 Å². The Balaban J connectivity index is 2.31. The largest absolute Gasteiger partial charge is 0.397 e. The number of rotatable bonds is 2. The number of benzene rings is 1. The van der Waals surface area contributed by atoms with Crippen LogP contribution in [0.4, 0.5) is 17.2 Å². The van der Waals surface area contributed by atoms with E-state index in [-0.39, 0.29) is 0 Å².